The van der Waals surface area contributed by atoms with Crippen molar-refractivity contribution in [2.75, 3.05) is 14.1 Å². The van der Waals surface area contributed by atoms with Gasteiger partial charge in [0.15, 0.2) is 0 Å². The van der Waals surface area contributed by atoms with Crippen LogP contribution in [0.1, 0.15) is 19.4 Å². The van der Waals surface area contributed by atoms with Crippen LogP contribution in [0.3, 0.4) is 0 Å². The van der Waals surface area contributed by atoms with Crippen molar-refractivity contribution in [2.45, 2.75) is 19.3 Å². The Hall–Kier alpha value is -2.08. The zero-order valence-electron chi connectivity index (χ0n) is 11.5. The Labute approximate surface area is 110 Å². The zero-order chi connectivity index (χ0) is 14.2. The lowest BCUT2D eigenvalue weighted by molar-refractivity contribution is -0.129. The smallest absolute Gasteiger partial charge is 0.306 e. The molecule has 2 aromatic rings. The number of nitrogens with one attached hydrogen (secondary N) is 3. The van der Waals surface area contributed by atoms with Gasteiger partial charge in [0.2, 0.25) is 5.91 Å². The van der Waals surface area contributed by atoms with Crippen LogP contribution in [0.15, 0.2) is 23.0 Å². The lowest BCUT2D eigenvalue weighted by Gasteiger charge is -2.26. The minimum atomic E-state index is -0.688. The molecule has 3 N–H and O–H groups in total. The molecule has 0 spiro atoms. The van der Waals surface area contributed by atoms with Crippen LogP contribution in [0.4, 0.5) is 0 Å². The largest absolute Gasteiger partial charge is 0.323 e. The number of nitrogens with zero attached hydrogens (tertiary/aromatic N) is 1. The summed E-state index contributed by atoms with van der Waals surface area (Å²) in [7, 11) is 3.53. The summed E-state index contributed by atoms with van der Waals surface area (Å²) in [4.78, 5) is 28.8. The minimum Gasteiger partial charge on any atom is -0.306 e. The standard InChI is InChI=1S/C13H18N4O2/c1-13(2,11(18)16-17(3)4)8-5-6-9-10(7-8)15-12(19)14-9/h5-7H,1-4H3,(H,16,18)(H2,14,15,19). The number of H-pyrrole nitrogens is 2. The molecule has 2 rings (SSSR count). The van der Waals surface area contributed by atoms with E-state index >= 15 is 0 Å². The molecule has 0 unspecified atom stereocenters. The molecule has 1 heterocycles. The van der Waals surface area contributed by atoms with Gasteiger partial charge in [-0.15, -0.1) is 0 Å². The van der Waals surface area contributed by atoms with E-state index in [0.717, 1.165) is 11.1 Å². The normalized spacial score (nSPS) is 12.1. The molecule has 1 aromatic carbocycles. The van der Waals surface area contributed by atoms with E-state index in [2.05, 4.69) is 15.4 Å². The van der Waals surface area contributed by atoms with E-state index in [1.165, 1.54) is 0 Å². The van der Waals surface area contributed by atoms with E-state index in [0.29, 0.717) is 5.52 Å². The van der Waals surface area contributed by atoms with Crippen LogP contribution < -0.4 is 11.1 Å². The van der Waals surface area contributed by atoms with E-state index in [1.54, 1.807) is 25.2 Å². The number of amides is 1. The van der Waals surface area contributed by atoms with Crippen molar-refractivity contribution < 1.29 is 4.79 Å². The Morgan fingerprint density at radius 1 is 1.21 bits per heavy atom. The molecule has 0 fully saturated rings. The van der Waals surface area contributed by atoms with E-state index in [9.17, 15) is 9.59 Å². The summed E-state index contributed by atoms with van der Waals surface area (Å²) in [5.41, 5.74) is 4.09. The molecule has 0 bridgehead atoms. The number of aromatic amines is 2. The molecule has 102 valence electrons. The first-order valence-corrected chi connectivity index (χ1v) is 6.01. The van der Waals surface area contributed by atoms with Gasteiger partial charge in [-0.1, -0.05) is 6.07 Å². The number of fused-ring (bicyclic) bond motifs is 1. The molecular weight excluding hydrogens is 244 g/mol. The first-order valence-electron chi connectivity index (χ1n) is 6.01. The molecule has 1 amide bonds. The maximum Gasteiger partial charge on any atom is 0.323 e. The average molecular weight is 262 g/mol. The average Bonchev–Trinajstić information content (AvgIpc) is 2.66. The summed E-state index contributed by atoms with van der Waals surface area (Å²) in [6.07, 6.45) is 0. The highest BCUT2D eigenvalue weighted by atomic mass is 16.2. The summed E-state index contributed by atoms with van der Waals surface area (Å²) >= 11 is 0. The molecule has 0 saturated carbocycles. The Morgan fingerprint density at radius 3 is 2.47 bits per heavy atom. The van der Waals surface area contributed by atoms with Gasteiger partial charge in [-0.2, -0.15) is 0 Å². The monoisotopic (exact) mass is 262 g/mol. The molecule has 6 nitrogen and oxygen atoms in total. The van der Waals surface area contributed by atoms with Crippen LogP contribution in [0.5, 0.6) is 0 Å². The first-order chi connectivity index (χ1) is 8.80. The molecule has 0 radical (unpaired) electrons. The summed E-state index contributed by atoms with van der Waals surface area (Å²) < 4.78 is 0. The van der Waals surface area contributed by atoms with Gasteiger partial charge in [0.25, 0.3) is 0 Å². The fourth-order valence-electron chi connectivity index (χ4n) is 1.90. The topological polar surface area (TPSA) is 81.0 Å². The SMILES string of the molecule is CN(C)NC(=O)C(C)(C)c1ccc2[nH]c(=O)[nH]c2c1. The third-order valence-electron chi connectivity index (χ3n) is 3.13. The van der Waals surface area contributed by atoms with Gasteiger partial charge in [0.05, 0.1) is 16.4 Å². The number of rotatable bonds is 3. The van der Waals surface area contributed by atoms with Crippen LogP contribution in [-0.2, 0) is 10.2 Å². The van der Waals surface area contributed by atoms with Gasteiger partial charge in [-0.25, -0.2) is 9.80 Å². The second-order valence-corrected chi connectivity index (χ2v) is 5.30. The maximum absolute atomic E-state index is 12.2. The zero-order valence-corrected chi connectivity index (χ0v) is 11.5. The first kappa shape index (κ1) is 13.4. The number of carbonyl (C=O) groups is 1. The van der Waals surface area contributed by atoms with Gasteiger partial charge >= 0.3 is 5.69 Å². The molecule has 1 aromatic heterocycles. The Kier molecular flexibility index (Phi) is 3.20. The predicted molar refractivity (Wildman–Crippen MR) is 73.8 cm³/mol. The second kappa shape index (κ2) is 4.55. The molecule has 0 saturated heterocycles. The van der Waals surface area contributed by atoms with E-state index < -0.39 is 5.41 Å². The van der Waals surface area contributed by atoms with Crippen molar-refractivity contribution in [3.05, 3.63) is 34.2 Å². The fraction of sp³-hybridized carbons (Fsp3) is 0.385. The van der Waals surface area contributed by atoms with E-state index in [-0.39, 0.29) is 11.6 Å². The van der Waals surface area contributed by atoms with Crippen LogP contribution in [-0.4, -0.2) is 35.0 Å². The highest BCUT2D eigenvalue weighted by molar-refractivity contribution is 5.88. The van der Waals surface area contributed by atoms with Gasteiger partial charge in [0.1, 0.15) is 0 Å². The number of imidazole rings is 1. The fourth-order valence-corrected chi connectivity index (χ4v) is 1.90. The van der Waals surface area contributed by atoms with Crippen LogP contribution in [0.2, 0.25) is 0 Å². The van der Waals surface area contributed by atoms with Crippen molar-refractivity contribution in [3.63, 3.8) is 0 Å². The third kappa shape index (κ3) is 2.53. The Morgan fingerprint density at radius 2 is 1.84 bits per heavy atom. The Bertz CT molecular complexity index is 667. The summed E-state index contributed by atoms with van der Waals surface area (Å²) in [6, 6.07) is 5.47. The molecule has 19 heavy (non-hydrogen) atoms. The second-order valence-electron chi connectivity index (χ2n) is 5.30. The number of hydrogen-bond donors (Lipinski definition) is 3. The number of aromatic nitrogens is 2. The van der Waals surface area contributed by atoms with Gasteiger partial charge < -0.3 is 9.97 Å². The number of hydrogen-bond acceptors (Lipinski definition) is 3. The molecule has 0 aliphatic carbocycles. The highest BCUT2D eigenvalue weighted by Gasteiger charge is 2.30. The number of hydrazine groups is 1. The maximum atomic E-state index is 12.2. The van der Waals surface area contributed by atoms with E-state index in [4.69, 9.17) is 0 Å². The number of benzene rings is 1. The highest BCUT2D eigenvalue weighted by Crippen LogP contribution is 2.25. The summed E-state index contributed by atoms with van der Waals surface area (Å²) in [6.45, 7) is 3.69. The lowest BCUT2D eigenvalue weighted by atomic mass is 9.83. The molecule has 0 aliphatic rings. The van der Waals surface area contributed by atoms with Crippen molar-refractivity contribution in [3.8, 4) is 0 Å². The summed E-state index contributed by atoms with van der Waals surface area (Å²) in [5.74, 6) is -0.102. The predicted octanol–water partition coefficient (Wildman–Crippen LogP) is 0.727. The van der Waals surface area contributed by atoms with Crippen molar-refractivity contribution in [2.24, 2.45) is 0 Å². The minimum absolute atomic E-state index is 0.102. The van der Waals surface area contributed by atoms with Crippen LogP contribution in [0.25, 0.3) is 11.0 Å². The van der Waals surface area contributed by atoms with E-state index in [1.807, 2.05) is 26.0 Å². The van der Waals surface area contributed by atoms with Gasteiger partial charge in [0, 0.05) is 14.1 Å². The molecule has 0 aliphatic heterocycles. The Balaban J connectivity index is 2.41. The van der Waals surface area contributed by atoms with Gasteiger partial charge in [-0.05, 0) is 31.5 Å². The van der Waals surface area contributed by atoms with Crippen LogP contribution in [0, 0.1) is 0 Å². The van der Waals surface area contributed by atoms with Crippen molar-refractivity contribution in [1.29, 1.82) is 0 Å². The lowest BCUT2D eigenvalue weighted by Crippen LogP contribution is -2.46. The number of carbonyl (C=O) groups excluding carboxylic acids is 1. The molecule has 0 atom stereocenters. The molecular formula is C13H18N4O2. The third-order valence-corrected chi connectivity index (χ3v) is 3.13. The van der Waals surface area contributed by atoms with Gasteiger partial charge in [-0.3, -0.25) is 10.2 Å². The quantitative estimate of drug-likeness (QED) is 0.713. The van der Waals surface area contributed by atoms with Crippen molar-refractivity contribution >= 4 is 16.9 Å². The van der Waals surface area contributed by atoms with Crippen LogP contribution >= 0.6 is 0 Å². The van der Waals surface area contributed by atoms with Crippen molar-refractivity contribution in [1.82, 2.24) is 20.4 Å². The summed E-state index contributed by atoms with van der Waals surface area (Å²) in [5, 5.41) is 1.61. The molecule has 6 heteroatoms.